The first kappa shape index (κ1) is 13.9. The Balaban J connectivity index is 2.28. The van der Waals surface area contributed by atoms with Crippen molar-refractivity contribution in [3.05, 3.63) is 65.3 Å². The molecule has 106 valence electrons. The lowest BCUT2D eigenvalue weighted by atomic mass is 9.99. The number of benzene rings is 2. The molecule has 0 aliphatic rings. The molecule has 0 fully saturated rings. The zero-order valence-electron chi connectivity index (χ0n) is 10.7. The van der Waals surface area contributed by atoms with Gasteiger partial charge in [0.05, 0.1) is 11.1 Å². The van der Waals surface area contributed by atoms with E-state index in [1.165, 1.54) is 12.3 Å². The number of hydrogen-bond donors (Lipinski definition) is 0. The molecule has 3 rings (SSSR count). The molecule has 2 aromatic carbocycles. The van der Waals surface area contributed by atoms with Crippen molar-refractivity contribution in [1.29, 1.82) is 0 Å². The van der Waals surface area contributed by atoms with Crippen molar-refractivity contribution in [1.82, 2.24) is 4.98 Å². The van der Waals surface area contributed by atoms with Crippen molar-refractivity contribution in [2.75, 3.05) is 0 Å². The van der Waals surface area contributed by atoms with E-state index in [4.69, 9.17) is 11.6 Å². The molecular formula is C16H9ClF3N. The Hall–Kier alpha value is -2.07. The van der Waals surface area contributed by atoms with Crippen LogP contribution in [-0.4, -0.2) is 4.98 Å². The van der Waals surface area contributed by atoms with Crippen LogP contribution >= 0.6 is 11.6 Å². The summed E-state index contributed by atoms with van der Waals surface area (Å²) in [5.74, 6) is 0. The normalized spacial score (nSPS) is 11.8. The Bertz CT molecular complexity index is 795. The topological polar surface area (TPSA) is 12.9 Å². The number of para-hydroxylation sites is 1. The van der Waals surface area contributed by atoms with Crippen molar-refractivity contribution in [3.8, 4) is 11.1 Å². The minimum absolute atomic E-state index is 0.0440. The van der Waals surface area contributed by atoms with Gasteiger partial charge >= 0.3 is 6.18 Å². The maximum absolute atomic E-state index is 13.0. The first-order valence-electron chi connectivity index (χ1n) is 6.18. The molecule has 1 nitrogen and oxygen atoms in total. The number of aromatic nitrogens is 1. The molecule has 0 amide bonds. The summed E-state index contributed by atoms with van der Waals surface area (Å²) in [5, 5.41) is 1.04. The minimum Gasteiger partial charge on any atom is -0.256 e. The second-order valence-electron chi connectivity index (χ2n) is 4.56. The van der Waals surface area contributed by atoms with Gasteiger partial charge < -0.3 is 0 Å². The van der Waals surface area contributed by atoms with Gasteiger partial charge in [-0.15, -0.1) is 0 Å². The summed E-state index contributed by atoms with van der Waals surface area (Å²) in [6.45, 7) is 0. The van der Waals surface area contributed by atoms with Crippen LogP contribution in [0.15, 0.2) is 54.7 Å². The Kier molecular flexibility index (Phi) is 3.33. The Morgan fingerprint density at radius 2 is 1.62 bits per heavy atom. The second-order valence-corrected chi connectivity index (χ2v) is 5.00. The zero-order chi connectivity index (χ0) is 15.0. The number of alkyl halides is 3. The second kappa shape index (κ2) is 5.04. The minimum atomic E-state index is -4.43. The van der Waals surface area contributed by atoms with Gasteiger partial charge in [-0.25, -0.2) is 0 Å². The molecule has 0 aliphatic heterocycles. The number of pyridine rings is 1. The molecule has 0 N–H and O–H groups in total. The summed E-state index contributed by atoms with van der Waals surface area (Å²) in [5.41, 5.74) is 0.724. The first-order valence-corrected chi connectivity index (χ1v) is 6.55. The average molecular weight is 308 g/mol. The van der Waals surface area contributed by atoms with Crippen LogP contribution in [0.25, 0.3) is 22.0 Å². The van der Waals surface area contributed by atoms with Gasteiger partial charge in [0.25, 0.3) is 0 Å². The van der Waals surface area contributed by atoms with Crippen LogP contribution < -0.4 is 0 Å². The van der Waals surface area contributed by atoms with Gasteiger partial charge in [0.1, 0.15) is 0 Å². The fraction of sp³-hybridized carbons (Fsp3) is 0.0625. The number of halogens is 4. The highest BCUT2D eigenvalue weighted by Crippen LogP contribution is 2.36. The van der Waals surface area contributed by atoms with Crippen LogP contribution in [-0.2, 0) is 6.18 Å². The quantitative estimate of drug-likeness (QED) is 0.572. The molecule has 0 bridgehead atoms. The lowest BCUT2D eigenvalue weighted by Crippen LogP contribution is -2.06. The van der Waals surface area contributed by atoms with E-state index in [1.807, 2.05) is 0 Å². The van der Waals surface area contributed by atoms with Gasteiger partial charge in [0, 0.05) is 16.6 Å². The lowest BCUT2D eigenvalue weighted by molar-refractivity contribution is -0.136. The van der Waals surface area contributed by atoms with Crippen molar-refractivity contribution in [2.24, 2.45) is 0 Å². The summed E-state index contributed by atoms with van der Waals surface area (Å²) in [6.07, 6.45) is -3.04. The Labute approximate surface area is 124 Å². The standard InChI is InChI=1S/C16H9ClF3N/c17-11-6-4-10(5-7-11)12-8-9-21-15-13(12)2-1-3-14(15)16(18,19)20/h1-9H. The highest BCUT2D eigenvalue weighted by molar-refractivity contribution is 6.30. The molecule has 3 aromatic rings. The van der Waals surface area contributed by atoms with Gasteiger partial charge in [-0.05, 0) is 35.4 Å². The smallest absolute Gasteiger partial charge is 0.256 e. The molecule has 0 atom stereocenters. The third-order valence-corrected chi connectivity index (χ3v) is 3.48. The highest BCUT2D eigenvalue weighted by Gasteiger charge is 2.33. The van der Waals surface area contributed by atoms with Crippen molar-refractivity contribution >= 4 is 22.5 Å². The van der Waals surface area contributed by atoms with Crippen molar-refractivity contribution in [2.45, 2.75) is 6.18 Å². The van der Waals surface area contributed by atoms with E-state index in [0.717, 1.165) is 11.6 Å². The van der Waals surface area contributed by atoms with Gasteiger partial charge in [-0.2, -0.15) is 13.2 Å². The molecule has 1 heterocycles. The van der Waals surface area contributed by atoms with Crippen LogP contribution in [0.3, 0.4) is 0 Å². The Morgan fingerprint density at radius 3 is 2.29 bits per heavy atom. The SMILES string of the molecule is FC(F)(F)c1cccc2c(-c3ccc(Cl)cc3)ccnc12. The Morgan fingerprint density at radius 1 is 0.905 bits per heavy atom. The highest BCUT2D eigenvalue weighted by atomic mass is 35.5. The van der Waals surface area contributed by atoms with Gasteiger partial charge in [0.15, 0.2) is 0 Å². The summed E-state index contributed by atoms with van der Waals surface area (Å²) < 4.78 is 39.1. The zero-order valence-corrected chi connectivity index (χ0v) is 11.4. The number of nitrogens with zero attached hydrogens (tertiary/aromatic N) is 1. The fourth-order valence-electron chi connectivity index (χ4n) is 2.29. The lowest BCUT2D eigenvalue weighted by Gasteiger charge is -2.12. The summed E-state index contributed by atoms with van der Waals surface area (Å²) in [4.78, 5) is 3.91. The van der Waals surface area contributed by atoms with Crippen LogP contribution in [0.2, 0.25) is 5.02 Å². The van der Waals surface area contributed by atoms with Crippen LogP contribution in [0.1, 0.15) is 5.56 Å². The molecule has 0 saturated carbocycles. The fourth-order valence-corrected chi connectivity index (χ4v) is 2.41. The molecule has 1 aromatic heterocycles. The van der Waals surface area contributed by atoms with E-state index in [0.29, 0.717) is 16.0 Å². The molecule has 0 radical (unpaired) electrons. The molecule has 0 spiro atoms. The van der Waals surface area contributed by atoms with Gasteiger partial charge in [-0.1, -0.05) is 35.9 Å². The largest absolute Gasteiger partial charge is 0.418 e. The van der Waals surface area contributed by atoms with E-state index in [9.17, 15) is 13.2 Å². The molecule has 21 heavy (non-hydrogen) atoms. The predicted molar refractivity (Wildman–Crippen MR) is 77.2 cm³/mol. The summed E-state index contributed by atoms with van der Waals surface area (Å²) in [6, 6.07) is 12.7. The van der Waals surface area contributed by atoms with Crippen LogP contribution in [0, 0.1) is 0 Å². The first-order chi connectivity index (χ1) is 9.97. The third kappa shape index (κ3) is 2.59. The predicted octanol–water partition coefficient (Wildman–Crippen LogP) is 5.57. The van der Waals surface area contributed by atoms with Crippen molar-refractivity contribution < 1.29 is 13.2 Å². The van der Waals surface area contributed by atoms with Gasteiger partial charge in [-0.3, -0.25) is 4.98 Å². The van der Waals surface area contributed by atoms with E-state index in [-0.39, 0.29) is 5.52 Å². The number of rotatable bonds is 1. The maximum Gasteiger partial charge on any atom is 0.418 e. The monoisotopic (exact) mass is 307 g/mol. The van der Waals surface area contributed by atoms with E-state index in [1.54, 1.807) is 36.4 Å². The molecule has 0 aliphatic carbocycles. The van der Waals surface area contributed by atoms with E-state index < -0.39 is 11.7 Å². The summed E-state index contributed by atoms with van der Waals surface area (Å²) in [7, 11) is 0. The van der Waals surface area contributed by atoms with Crippen LogP contribution in [0.5, 0.6) is 0 Å². The van der Waals surface area contributed by atoms with E-state index in [2.05, 4.69) is 4.98 Å². The number of fused-ring (bicyclic) bond motifs is 1. The molecule has 0 saturated heterocycles. The molecular weight excluding hydrogens is 299 g/mol. The van der Waals surface area contributed by atoms with E-state index >= 15 is 0 Å². The third-order valence-electron chi connectivity index (χ3n) is 3.23. The molecule has 5 heteroatoms. The summed E-state index contributed by atoms with van der Waals surface area (Å²) >= 11 is 5.84. The number of hydrogen-bond acceptors (Lipinski definition) is 1. The van der Waals surface area contributed by atoms with Crippen molar-refractivity contribution in [3.63, 3.8) is 0 Å². The van der Waals surface area contributed by atoms with Gasteiger partial charge in [0.2, 0.25) is 0 Å². The molecule has 0 unspecified atom stereocenters. The van der Waals surface area contributed by atoms with Crippen LogP contribution in [0.4, 0.5) is 13.2 Å². The maximum atomic E-state index is 13.0. The average Bonchev–Trinajstić information content (AvgIpc) is 2.46.